The molecule has 0 saturated heterocycles. The van der Waals surface area contributed by atoms with E-state index < -0.39 is 22.3 Å². The van der Waals surface area contributed by atoms with Crippen LogP contribution in [0.5, 0.6) is 0 Å². The van der Waals surface area contributed by atoms with Crippen molar-refractivity contribution in [3.8, 4) is 0 Å². The van der Waals surface area contributed by atoms with Crippen LogP contribution in [0.4, 0.5) is 15.8 Å². The molecule has 2 aromatic carbocycles. The van der Waals surface area contributed by atoms with Crippen LogP contribution in [-0.2, 0) is 4.79 Å². The van der Waals surface area contributed by atoms with Crippen molar-refractivity contribution in [2.75, 3.05) is 5.32 Å². The maximum absolute atomic E-state index is 13.2. The van der Waals surface area contributed by atoms with E-state index >= 15 is 0 Å². The molecule has 0 aliphatic carbocycles. The number of carbonyl (C=O) groups excluding carboxylic acids is 1. The van der Waals surface area contributed by atoms with E-state index in [9.17, 15) is 19.3 Å². The molecule has 142 valence electrons. The first-order valence-electron chi connectivity index (χ1n) is 7.59. The van der Waals surface area contributed by atoms with Gasteiger partial charge in [-0.2, -0.15) is 0 Å². The molecule has 0 aliphatic heterocycles. The molecule has 3 aromatic rings. The Kier molecular flexibility index (Phi) is 6.34. The molecule has 11 heteroatoms. The summed E-state index contributed by atoms with van der Waals surface area (Å²) in [7, 11) is 0. The minimum atomic E-state index is -0.727. The zero-order chi connectivity index (χ0) is 20.1. The van der Waals surface area contributed by atoms with Crippen LogP contribution >= 0.6 is 34.7 Å². The Morgan fingerprint density at radius 2 is 2.14 bits per heavy atom. The molecule has 1 N–H and O–H groups in total. The van der Waals surface area contributed by atoms with Crippen LogP contribution in [0.3, 0.4) is 0 Å². The lowest BCUT2D eigenvalue weighted by Gasteiger charge is -2.06. The Morgan fingerprint density at radius 1 is 1.32 bits per heavy atom. The van der Waals surface area contributed by atoms with Gasteiger partial charge in [0.05, 0.1) is 21.6 Å². The van der Waals surface area contributed by atoms with E-state index in [0.717, 1.165) is 27.4 Å². The lowest BCUT2D eigenvalue weighted by atomic mass is 10.1. The molecular formula is C17H10ClFN4O3S2. The number of hydrogen-bond acceptors (Lipinski definition) is 7. The smallest absolute Gasteiger partial charge is 0.279 e. The van der Waals surface area contributed by atoms with Crippen molar-refractivity contribution in [1.82, 2.24) is 10.2 Å². The summed E-state index contributed by atoms with van der Waals surface area (Å²) in [5.41, 5.74) is 1.76. The van der Waals surface area contributed by atoms with Crippen LogP contribution in [0.25, 0.3) is 6.08 Å². The van der Waals surface area contributed by atoms with E-state index in [4.69, 9.17) is 11.6 Å². The number of anilines is 1. The van der Waals surface area contributed by atoms with E-state index in [1.165, 1.54) is 35.2 Å². The lowest BCUT2D eigenvalue weighted by molar-refractivity contribution is -0.385. The second-order valence-electron chi connectivity index (χ2n) is 5.23. The second kappa shape index (κ2) is 8.91. The molecule has 28 heavy (non-hydrogen) atoms. The fourth-order valence-corrected chi connectivity index (χ4v) is 3.86. The molecule has 1 aromatic heterocycles. The fraction of sp³-hybridized carbons (Fsp3) is 0. The molecule has 0 bridgehead atoms. The number of aromatic nitrogens is 2. The van der Waals surface area contributed by atoms with E-state index in [0.29, 0.717) is 10.7 Å². The van der Waals surface area contributed by atoms with Gasteiger partial charge in [0.2, 0.25) is 5.91 Å². The van der Waals surface area contributed by atoms with Gasteiger partial charge >= 0.3 is 0 Å². The molecule has 7 nitrogen and oxygen atoms in total. The number of nitro benzene ring substituents is 1. The minimum absolute atomic E-state index is 0.114. The highest BCUT2D eigenvalue weighted by atomic mass is 35.5. The van der Waals surface area contributed by atoms with Crippen molar-refractivity contribution in [2.24, 2.45) is 0 Å². The lowest BCUT2D eigenvalue weighted by Crippen LogP contribution is -2.07. The summed E-state index contributed by atoms with van der Waals surface area (Å²) in [4.78, 5) is 23.1. The summed E-state index contributed by atoms with van der Waals surface area (Å²) < 4.78 is 13.9. The number of amides is 1. The molecular weight excluding hydrogens is 427 g/mol. The summed E-state index contributed by atoms with van der Waals surface area (Å²) in [5, 5.41) is 21.7. The third-order valence-corrected chi connectivity index (χ3v) is 5.62. The molecule has 1 amide bonds. The number of rotatable bonds is 6. The Bertz CT molecular complexity index is 1060. The first kappa shape index (κ1) is 19.9. The highest BCUT2D eigenvalue weighted by Crippen LogP contribution is 2.35. The van der Waals surface area contributed by atoms with Crippen LogP contribution in [0.1, 0.15) is 5.56 Å². The number of nitro groups is 1. The predicted octanol–water partition coefficient (Wildman–Crippen LogP) is 5.04. The van der Waals surface area contributed by atoms with Gasteiger partial charge in [-0.3, -0.25) is 14.9 Å². The number of benzene rings is 2. The van der Waals surface area contributed by atoms with Gasteiger partial charge in [-0.15, -0.1) is 10.2 Å². The van der Waals surface area contributed by atoms with Gasteiger partial charge < -0.3 is 5.32 Å². The monoisotopic (exact) mass is 436 g/mol. The van der Waals surface area contributed by atoms with Gasteiger partial charge in [0.25, 0.3) is 5.69 Å². The molecule has 0 saturated carbocycles. The Balaban J connectivity index is 1.69. The van der Waals surface area contributed by atoms with Gasteiger partial charge in [0.15, 0.2) is 4.34 Å². The van der Waals surface area contributed by atoms with Gasteiger partial charge in [-0.25, -0.2) is 4.39 Å². The molecule has 3 rings (SSSR count). The van der Waals surface area contributed by atoms with Crippen molar-refractivity contribution in [2.45, 2.75) is 9.24 Å². The van der Waals surface area contributed by atoms with Crippen LogP contribution < -0.4 is 5.32 Å². The SMILES string of the molecule is O=C(/C=C/c1ccc(F)cc1[N+](=O)[O-])Nc1ccc(Sc2nncs2)c(Cl)c1. The van der Waals surface area contributed by atoms with E-state index in [-0.39, 0.29) is 5.56 Å². The van der Waals surface area contributed by atoms with Gasteiger partial charge in [-0.05, 0) is 36.4 Å². The van der Waals surface area contributed by atoms with Crippen LogP contribution in [-0.4, -0.2) is 21.0 Å². The zero-order valence-corrected chi connectivity index (χ0v) is 16.2. The second-order valence-corrected chi connectivity index (χ2v) is 7.76. The summed E-state index contributed by atoms with van der Waals surface area (Å²) >= 11 is 8.96. The molecule has 0 aliphatic rings. The highest BCUT2D eigenvalue weighted by molar-refractivity contribution is 8.01. The maximum Gasteiger partial charge on any atom is 0.279 e. The summed E-state index contributed by atoms with van der Waals surface area (Å²) in [6, 6.07) is 8.09. The van der Waals surface area contributed by atoms with Gasteiger partial charge in [0, 0.05) is 16.7 Å². The average molecular weight is 437 g/mol. The van der Waals surface area contributed by atoms with E-state index in [1.54, 1.807) is 23.7 Å². The summed E-state index contributed by atoms with van der Waals surface area (Å²) in [5.74, 6) is -1.24. The number of carbonyl (C=O) groups is 1. The standard InChI is InChI=1S/C17H10ClFN4O3S2/c18-13-8-12(4-5-15(13)28-17-22-20-9-27-17)21-16(24)6-2-10-1-3-11(19)7-14(10)23(25)26/h1-9H,(H,21,24)/b6-2+. The van der Waals surface area contributed by atoms with Crippen molar-refractivity contribution in [3.63, 3.8) is 0 Å². The highest BCUT2D eigenvalue weighted by Gasteiger charge is 2.13. The molecule has 0 fully saturated rings. The first-order valence-corrected chi connectivity index (χ1v) is 9.66. The average Bonchev–Trinajstić information content (AvgIpc) is 3.16. The third kappa shape index (κ3) is 5.12. The number of halogens is 2. The van der Waals surface area contributed by atoms with E-state index in [2.05, 4.69) is 15.5 Å². The molecule has 0 atom stereocenters. The van der Waals surface area contributed by atoms with Gasteiger partial charge in [-0.1, -0.05) is 34.7 Å². The minimum Gasteiger partial charge on any atom is -0.322 e. The van der Waals surface area contributed by atoms with E-state index in [1.807, 2.05) is 0 Å². The van der Waals surface area contributed by atoms with Crippen molar-refractivity contribution < 1.29 is 14.1 Å². The topological polar surface area (TPSA) is 98.0 Å². The van der Waals surface area contributed by atoms with Crippen LogP contribution in [0.15, 0.2) is 57.2 Å². The number of nitrogens with one attached hydrogen (secondary N) is 1. The van der Waals surface area contributed by atoms with Gasteiger partial charge in [0.1, 0.15) is 11.3 Å². The van der Waals surface area contributed by atoms with Crippen LogP contribution in [0, 0.1) is 15.9 Å². The first-order chi connectivity index (χ1) is 13.4. The maximum atomic E-state index is 13.2. The number of nitrogens with zero attached hydrogens (tertiary/aromatic N) is 3. The third-order valence-electron chi connectivity index (χ3n) is 3.34. The summed E-state index contributed by atoms with van der Waals surface area (Å²) in [6.07, 6.45) is 2.37. The normalized spacial score (nSPS) is 10.9. The molecule has 0 unspecified atom stereocenters. The quantitative estimate of drug-likeness (QED) is 0.330. The van der Waals surface area contributed by atoms with Crippen molar-refractivity contribution in [1.29, 1.82) is 0 Å². The Morgan fingerprint density at radius 3 is 2.82 bits per heavy atom. The van der Waals surface area contributed by atoms with Crippen molar-refractivity contribution >= 4 is 58.1 Å². The molecule has 0 radical (unpaired) electrons. The largest absolute Gasteiger partial charge is 0.322 e. The Hall–Kier alpha value is -2.82. The molecule has 0 spiro atoms. The van der Waals surface area contributed by atoms with Crippen molar-refractivity contribution in [3.05, 3.63) is 74.5 Å². The fourth-order valence-electron chi connectivity index (χ4n) is 2.13. The summed E-state index contributed by atoms with van der Waals surface area (Å²) in [6.45, 7) is 0. The Labute approximate surface area is 171 Å². The zero-order valence-electron chi connectivity index (χ0n) is 13.8. The molecule has 1 heterocycles. The number of hydrogen-bond donors (Lipinski definition) is 1. The van der Waals surface area contributed by atoms with Crippen LogP contribution in [0.2, 0.25) is 5.02 Å². The predicted molar refractivity (Wildman–Crippen MR) is 106 cm³/mol.